The first-order valence-electron chi connectivity index (χ1n) is 6.30. The van der Waals surface area contributed by atoms with E-state index in [2.05, 4.69) is 32.0 Å². The van der Waals surface area contributed by atoms with Crippen molar-refractivity contribution in [1.82, 2.24) is 9.97 Å². The van der Waals surface area contributed by atoms with Gasteiger partial charge in [-0.3, -0.25) is 0 Å². The zero-order valence-electron chi connectivity index (χ0n) is 10.7. The second-order valence-electron chi connectivity index (χ2n) is 4.47. The third-order valence-corrected chi connectivity index (χ3v) is 5.47. The summed E-state index contributed by atoms with van der Waals surface area (Å²) in [5.41, 5.74) is 2.22. The van der Waals surface area contributed by atoms with Gasteiger partial charge in [0.1, 0.15) is 10.5 Å². The Labute approximate surface area is 135 Å². The normalized spacial score (nSPS) is 14.1. The Morgan fingerprint density at radius 3 is 3.10 bits per heavy atom. The number of benzene rings is 1. The molecular weight excluding hydrogens is 356 g/mol. The SMILES string of the molecule is S=c1nc(CSc2ccccc2Br)[nH]c2c1COCC2. The highest BCUT2D eigenvalue weighted by Crippen LogP contribution is 2.29. The molecule has 1 aliphatic heterocycles. The van der Waals surface area contributed by atoms with Gasteiger partial charge in [-0.15, -0.1) is 11.8 Å². The van der Waals surface area contributed by atoms with Gasteiger partial charge in [0.05, 0.1) is 19.0 Å². The van der Waals surface area contributed by atoms with Crippen molar-refractivity contribution in [2.24, 2.45) is 0 Å². The average Bonchev–Trinajstić information content (AvgIpc) is 2.46. The van der Waals surface area contributed by atoms with Crippen LogP contribution in [-0.2, 0) is 23.5 Å². The highest BCUT2D eigenvalue weighted by Gasteiger charge is 2.13. The number of halogens is 1. The van der Waals surface area contributed by atoms with Crippen LogP contribution in [0.1, 0.15) is 17.1 Å². The highest BCUT2D eigenvalue weighted by molar-refractivity contribution is 9.10. The van der Waals surface area contributed by atoms with Gasteiger partial charge in [-0.1, -0.05) is 24.4 Å². The number of hydrogen-bond acceptors (Lipinski definition) is 4. The number of hydrogen-bond donors (Lipinski definition) is 1. The first-order valence-corrected chi connectivity index (χ1v) is 8.49. The molecule has 1 N–H and O–H groups in total. The zero-order chi connectivity index (χ0) is 13.9. The molecule has 1 aliphatic rings. The zero-order valence-corrected chi connectivity index (χ0v) is 13.9. The van der Waals surface area contributed by atoms with E-state index in [0.717, 1.165) is 34.6 Å². The van der Waals surface area contributed by atoms with Crippen LogP contribution in [0.2, 0.25) is 0 Å². The molecule has 104 valence electrons. The molecule has 2 aromatic rings. The van der Waals surface area contributed by atoms with Crippen LogP contribution in [0.5, 0.6) is 0 Å². The number of aromatic amines is 1. The fourth-order valence-electron chi connectivity index (χ4n) is 2.08. The Kier molecular flexibility index (Phi) is 4.55. The molecular formula is C14H13BrN2OS2. The predicted octanol–water partition coefficient (Wildman–Crippen LogP) is 4.27. The molecule has 20 heavy (non-hydrogen) atoms. The maximum absolute atomic E-state index is 5.42. The number of nitrogens with zero attached hydrogens (tertiary/aromatic N) is 1. The largest absolute Gasteiger partial charge is 0.376 e. The lowest BCUT2D eigenvalue weighted by Gasteiger charge is -2.17. The molecule has 3 rings (SSSR count). The van der Waals surface area contributed by atoms with E-state index in [1.165, 1.54) is 10.6 Å². The van der Waals surface area contributed by atoms with Crippen LogP contribution in [0.25, 0.3) is 0 Å². The van der Waals surface area contributed by atoms with E-state index in [0.29, 0.717) is 11.2 Å². The summed E-state index contributed by atoms with van der Waals surface area (Å²) in [7, 11) is 0. The van der Waals surface area contributed by atoms with Crippen LogP contribution in [0.15, 0.2) is 33.6 Å². The van der Waals surface area contributed by atoms with E-state index in [-0.39, 0.29) is 0 Å². The number of fused-ring (bicyclic) bond motifs is 1. The summed E-state index contributed by atoms with van der Waals surface area (Å²) in [6.07, 6.45) is 0.883. The lowest BCUT2D eigenvalue weighted by atomic mass is 10.1. The topological polar surface area (TPSA) is 37.9 Å². The Balaban J connectivity index is 1.80. The van der Waals surface area contributed by atoms with E-state index < -0.39 is 0 Å². The lowest BCUT2D eigenvalue weighted by Crippen LogP contribution is -2.14. The maximum atomic E-state index is 5.42. The smallest absolute Gasteiger partial charge is 0.135 e. The van der Waals surface area contributed by atoms with Gasteiger partial charge in [0.15, 0.2) is 0 Å². The molecule has 0 saturated heterocycles. The minimum Gasteiger partial charge on any atom is -0.376 e. The Bertz CT molecular complexity index is 687. The average molecular weight is 369 g/mol. The summed E-state index contributed by atoms with van der Waals surface area (Å²) in [4.78, 5) is 9.08. The van der Waals surface area contributed by atoms with Crippen molar-refractivity contribution in [2.75, 3.05) is 6.61 Å². The Morgan fingerprint density at radius 1 is 1.40 bits per heavy atom. The molecule has 2 heterocycles. The lowest BCUT2D eigenvalue weighted by molar-refractivity contribution is 0.108. The monoisotopic (exact) mass is 368 g/mol. The molecule has 0 amide bonds. The van der Waals surface area contributed by atoms with E-state index >= 15 is 0 Å². The first-order chi connectivity index (χ1) is 9.74. The molecule has 6 heteroatoms. The summed E-state index contributed by atoms with van der Waals surface area (Å²) >= 11 is 10.7. The molecule has 0 bridgehead atoms. The van der Waals surface area contributed by atoms with E-state index in [4.69, 9.17) is 17.0 Å². The number of thioether (sulfide) groups is 1. The van der Waals surface area contributed by atoms with Crippen molar-refractivity contribution in [2.45, 2.75) is 23.7 Å². The Hall–Kier alpha value is -0.690. The van der Waals surface area contributed by atoms with Gasteiger partial charge in [0.2, 0.25) is 0 Å². The quantitative estimate of drug-likeness (QED) is 0.648. The summed E-state index contributed by atoms with van der Waals surface area (Å²) in [6.45, 7) is 1.33. The number of rotatable bonds is 3. The van der Waals surface area contributed by atoms with Gasteiger partial charge in [0, 0.05) is 27.0 Å². The van der Waals surface area contributed by atoms with Crippen LogP contribution in [0.4, 0.5) is 0 Å². The van der Waals surface area contributed by atoms with Crippen molar-refractivity contribution in [3.8, 4) is 0 Å². The van der Waals surface area contributed by atoms with Gasteiger partial charge in [-0.25, -0.2) is 4.98 Å². The van der Waals surface area contributed by atoms with Gasteiger partial charge in [0.25, 0.3) is 0 Å². The van der Waals surface area contributed by atoms with Crippen molar-refractivity contribution < 1.29 is 4.74 Å². The molecule has 1 aromatic heterocycles. The summed E-state index contributed by atoms with van der Waals surface area (Å²) in [5.74, 6) is 1.71. The van der Waals surface area contributed by atoms with Crippen molar-refractivity contribution in [3.05, 3.63) is 50.5 Å². The number of H-pyrrole nitrogens is 1. The van der Waals surface area contributed by atoms with E-state index in [1.807, 2.05) is 18.2 Å². The second kappa shape index (κ2) is 6.39. The molecule has 3 nitrogen and oxygen atoms in total. The molecule has 1 aromatic carbocycles. The minimum atomic E-state index is 0.579. The summed E-state index contributed by atoms with van der Waals surface area (Å²) in [6, 6.07) is 8.18. The van der Waals surface area contributed by atoms with Gasteiger partial charge < -0.3 is 9.72 Å². The van der Waals surface area contributed by atoms with Gasteiger partial charge >= 0.3 is 0 Å². The third kappa shape index (κ3) is 3.14. The fraction of sp³-hybridized carbons (Fsp3) is 0.286. The van der Waals surface area contributed by atoms with Crippen molar-refractivity contribution in [3.63, 3.8) is 0 Å². The van der Waals surface area contributed by atoms with Gasteiger partial charge in [-0.2, -0.15) is 0 Å². The molecule has 0 radical (unpaired) electrons. The van der Waals surface area contributed by atoms with E-state index in [1.54, 1.807) is 11.8 Å². The number of ether oxygens (including phenoxy) is 1. The molecule has 0 spiro atoms. The summed E-state index contributed by atoms with van der Waals surface area (Å²) < 4.78 is 7.20. The van der Waals surface area contributed by atoms with Crippen molar-refractivity contribution in [1.29, 1.82) is 0 Å². The first kappa shape index (κ1) is 14.3. The third-order valence-electron chi connectivity index (χ3n) is 3.10. The van der Waals surface area contributed by atoms with Crippen LogP contribution >= 0.6 is 39.9 Å². The molecule has 0 fully saturated rings. The van der Waals surface area contributed by atoms with Crippen LogP contribution in [0, 0.1) is 4.64 Å². The Morgan fingerprint density at radius 2 is 2.25 bits per heavy atom. The number of nitrogens with one attached hydrogen (secondary N) is 1. The van der Waals surface area contributed by atoms with Crippen LogP contribution in [0.3, 0.4) is 0 Å². The highest BCUT2D eigenvalue weighted by atomic mass is 79.9. The second-order valence-corrected chi connectivity index (χ2v) is 6.73. The number of aromatic nitrogens is 2. The summed E-state index contributed by atoms with van der Waals surface area (Å²) in [5, 5.41) is 0. The van der Waals surface area contributed by atoms with Gasteiger partial charge in [-0.05, 0) is 28.1 Å². The minimum absolute atomic E-state index is 0.579. The standard InChI is InChI=1S/C14H13BrN2OS2/c15-10-3-1-2-4-12(10)20-8-13-16-11-5-6-18-7-9(11)14(19)17-13/h1-4H,5-8H2,(H,16,17,19). The molecule has 0 saturated carbocycles. The van der Waals surface area contributed by atoms with Crippen LogP contribution in [-0.4, -0.2) is 16.6 Å². The molecule has 0 aliphatic carbocycles. The van der Waals surface area contributed by atoms with Crippen LogP contribution < -0.4 is 0 Å². The van der Waals surface area contributed by atoms with E-state index in [9.17, 15) is 0 Å². The molecule has 0 unspecified atom stereocenters. The predicted molar refractivity (Wildman–Crippen MR) is 86.5 cm³/mol. The maximum Gasteiger partial charge on any atom is 0.135 e. The molecule has 0 atom stereocenters. The fourth-order valence-corrected chi connectivity index (χ4v) is 3.81. The van der Waals surface area contributed by atoms with Crippen molar-refractivity contribution >= 4 is 39.9 Å².